The van der Waals surface area contributed by atoms with Crippen LogP contribution in [0.4, 0.5) is 0 Å². The number of hydroxylamine groups is 1. The molecule has 0 atom stereocenters. The number of hydrazone groups is 1. The van der Waals surface area contributed by atoms with Gasteiger partial charge in [0, 0.05) is 20.0 Å². The Labute approximate surface area is 86.8 Å². The highest BCUT2D eigenvalue weighted by atomic mass is 16.7. The van der Waals surface area contributed by atoms with Crippen molar-refractivity contribution in [2.45, 2.75) is 12.8 Å². The Morgan fingerprint density at radius 1 is 1.53 bits per heavy atom. The third-order valence-corrected chi connectivity index (χ3v) is 1.72. The van der Waals surface area contributed by atoms with Crippen molar-refractivity contribution in [3.8, 4) is 0 Å². The number of methoxy groups -OCH3 is 1. The fraction of sp³-hybridized carbons (Fsp3) is 0.625. The number of hydrogen-bond donors (Lipinski definition) is 2. The minimum absolute atomic E-state index is 0.188. The molecule has 0 saturated carbocycles. The molecule has 0 aliphatic carbocycles. The minimum Gasteiger partial charge on any atom is -0.382 e. The van der Waals surface area contributed by atoms with Gasteiger partial charge >= 0.3 is 0 Å². The molecule has 0 aromatic heterocycles. The standard InChI is InChI=1S/C8H13N3O4/c1-14-4-5-15-11-8(13)6-2-3-7(12)10-9-6/h2-5H2,1H3,(H,10,12)(H,11,13). The summed E-state index contributed by atoms with van der Waals surface area (Å²) in [5.74, 6) is -0.627. The molecule has 1 heterocycles. The molecular formula is C8H13N3O4. The largest absolute Gasteiger partial charge is 0.382 e. The third-order valence-electron chi connectivity index (χ3n) is 1.72. The van der Waals surface area contributed by atoms with Gasteiger partial charge in [-0.15, -0.1) is 0 Å². The van der Waals surface area contributed by atoms with Gasteiger partial charge in [-0.1, -0.05) is 0 Å². The summed E-state index contributed by atoms with van der Waals surface area (Å²) in [7, 11) is 1.53. The van der Waals surface area contributed by atoms with E-state index in [1.54, 1.807) is 0 Å². The summed E-state index contributed by atoms with van der Waals surface area (Å²) in [4.78, 5) is 26.8. The van der Waals surface area contributed by atoms with E-state index in [1.807, 2.05) is 0 Å². The molecule has 2 N–H and O–H groups in total. The van der Waals surface area contributed by atoms with Gasteiger partial charge < -0.3 is 4.74 Å². The molecule has 2 amide bonds. The second-order valence-electron chi connectivity index (χ2n) is 2.87. The van der Waals surface area contributed by atoms with Crippen molar-refractivity contribution in [3.63, 3.8) is 0 Å². The second kappa shape index (κ2) is 6.10. The molecule has 0 fully saturated rings. The van der Waals surface area contributed by atoms with Crippen LogP contribution in [0.15, 0.2) is 5.10 Å². The molecule has 0 aromatic rings. The Morgan fingerprint density at radius 2 is 2.33 bits per heavy atom. The van der Waals surface area contributed by atoms with Crippen LogP contribution in [0, 0.1) is 0 Å². The van der Waals surface area contributed by atoms with E-state index in [0.717, 1.165) is 0 Å². The Balaban J connectivity index is 2.25. The maximum absolute atomic E-state index is 11.3. The molecular weight excluding hydrogens is 202 g/mol. The van der Waals surface area contributed by atoms with Gasteiger partial charge in [0.2, 0.25) is 5.91 Å². The molecule has 0 bridgehead atoms. The minimum atomic E-state index is -0.439. The maximum atomic E-state index is 11.3. The van der Waals surface area contributed by atoms with Crippen molar-refractivity contribution in [1.82, 2.24) is 10.9 Å². The van der Waals surface area contributed by atoms with Crippen LogP contribution in [0.25, 0.3) is 0 Å². The Morgan fingerprint density at radius 3 is 2.93 bits per heavy atom. The molecule has 84 valence electrons. The fourth-order valence-electron chi connectivity index (χ4n) is 0.938. The van der Waals surface area contributed by atoms with Crippen molar-refractivity contribution in [2.24, 2.45) is 5.10 Å². The molecule has 7 nitrogen and oxygen atoms in total. The van der Waals surface area contributed by atoms with Crippen LogP contribution in [-0.4, -0.2) is 37.8 Å². The summed E-state index contributed by atoms with van der Waals surface area (Å²) < 4.78 is 4.72. The number of nitrogens with one attached hydrogen (secondary N) is 2. The quantitative estimate of drug-likeness (QED) is 0.452. The first-order chi connectivity index (χ1) is 7.24. The number of carbonyl (C=O) groups is 2. The van der Waals surface area contributed by atoms with Crippen molar-refractivity contribution in [1.29, 1.82) is 0 Å². The molecule has 0 aromatic carbocycles. The van der Waals surface area contributed by atoms with E-state index in [4.69, 9.17) is 9.57 Å². The number of carbonyl (C=O) groups excluding carboxylic acids is 2. The number of nitrogens with zero attached hydrogens (tertiary/aromatic N) is 1. The molecule has 0 spiro atoms. The first kappa shape index (κ1) is 11.6. The number of ether oxygens (including phenoxy) is 1. The summed E-state index contributed by atoms with van der Waals surface area (Å²) in [6.45, 7) is 0.658. The average molecular weight is 215 g/mol. The molecule has 0 saturated heterocycles. The lowest BCUT2D eigenvalue weighted by molar-refractivity contribution is -0.127. The van der Waals surface area contributed by atoms with E-state index in [-0.39, 0.29) is 24.6 Å². The maximum Gasteiger partial charge on any atom is 0.291 e. The monoisotopic (exact) mass is 215 g/mol. The predicted molar refractivity (Wildman–Crippen MR) is 50.8 cm³/mol. The van der Waals surface area contributed by atoms with Crippen LogP contribution in [-0.2, 0) is 19.2 Å². The first-order valence-electron chi connectivity index (χ1n) is 4.50. The molecule has 0 radical (unpaired) electrons. The van der Waals surface area contributed by atoms with E-state index in [9.17, 15) is 9.59 Å². The van der Waals surface area contributed by atoms with Crippen LogP contribution >= 0.6 is 0 Å². The highest BCUT2D eigenvalue weighted by Gasteiger charge is 2.17. The second-order valence-corrected chi connectivity index (χ2v) is 2.87. The van der Waals surface area contributed by atoms with Crippen molar-refractivity contribution >= 4 is 17.5 Å². The number of amides is 2. The van der Waals surface area contributed by atoms with Crippen LogP contribution in [0.3, 0.4) is 0 Å². The van der Waals surface area contributed by atoms with Gasteiger partial charge in [-0.25, -0.2) is 10.9 Å². The lowest BCUT2D eigenvalue weighted by Crippen LogP contribution is -2.37. The lowest BCUT2D eigenvalue weighted by Gasteiger charge is -2.11. The SMILES string of the molecule is COCCONC(=O)C1=NNC(=O)CC1. The van der Waals surface area contributed by atoms with Crippen LogP contribution in [0.5, 0.6) is 0 Å². The highest BCUT2D eigenvalue weighted by Crippen LogP contribution is 1.99. The summed E-state index contributed by atoms with van der Waals surface area (Å²) in [6.07, 6.45) is 0.593. The summed E-state index contributed by atoms with van der Waals surface area (Å²) in [5.41, 5.74) is 4.68. The zero-order valence-corrected chi connectivity index (χ0v) is 8.41. The van der Waals surface area contributed by atoms with Gasteiger partial charge in [0.05, 0.1) is 13.2 Å². The van der Waals surface area contributed by atoms with Gasteiger partial charge in [-0.05, 0) is 0 Å². The van der Waals surface area contributed by atoms with E-state index >= 15 is 0 Å². The van der Waals surface area contributed by atoms with Crippen LogP contribution in [0.1, 0.15) is 12.8 Å². The van der Waals surface area contributed by atoms with Gasteiger partial charge in [-0.2, -0.15) is 5.10 Å². The van der Waals surface area contributed by atoms with Crippen LogP contribution < -0.4 is 10.9 Å². The molecule has 1 aliphatic rings. The van der Waals surface area contributed by atoms with Gasteiger partial charge in [0.1, 0.15) is 5.71 Å². The molecule has 7 heteroatoms. The Hall–Kier alpha value is -1.47. The highest BCUT2D eigenvalue weighted by molar-refractivity contribution is 6.39. The first-order valence-corrected chi connectivity index (χ1v) is 4.50. The van der Waals surface area contributed by atoms with E-state index in [1.165, 1.54) is 7.11 Å². The molecule has 1 aliphatic heterocycles. The molecule has 0 unspecified atom stereocenters. The van der Waals surface area contributed by atoms with Gasteiger partial charge in [0.15, 0.2) is 0 Å². The lowest BCUT2D eigenvalue weighted by atomic mass is 10.2. The Bertz CT molecular complexity index is 277. The smallest absolute Gasteiger partial charge is 0.291 e. The van der Waals surface area contributed by atoms with E-state index in [0.29, 0.717) is 13.0 Å². The number of rotatable bonds is 5. The molecule has 15 heavy (non-hydrogen) atoms. The average Bonchev–Trinajstić information content (AvgIpc) is 2.25. The van der Waals surface area contributed by atoms with Crippen molar-refractivity contribution < 1.29 is 19.2 Å². The summed E-state index contributed by atoms with van der Waals surface area (Å²) in [6, 6.07) is 0. The van der Waals surface area contributed by atoms with Gasteiger partial charge in [0.25, 0.3) is 5.91 Å². The van der Waals surface area contributed by atoms with E-state index in [2.05, 4.69) is 16.0 Å². The van der Waals surface area contributed by atoms with E-state index < -0.39 is 5.91 Å². The normalized spacial score (nSPS) is 15.5. The summed E-state index contributed by atoms with van der Waals surface area (Å²) in [5, 5.41) is 3.60. The molecule has 1 rings (SSSR count). The Kier molecular flexibility index (Phi) is 4.72. The zero-order chi connectivity index (χ0) is 11.1. The van der Waals surface area contributed by atoms with Gasteiger partial charge in [-0.3, -0.25) is 14.4 Å². The zero-order valence-electron chi connectivity index (χ0n) is 8.41. The van der Waals surface area contributed by atoms with Crippen molar-refractivity contribution in [3.05, 3.63) is 0 Å². The predicted octanol–water partition coefficient (Wildman–Crippen LogP) is -1.05. The fourth-order valence-corrected chi connectivity index (χ4v) is 0.938. The third kappa shape index (κ3) is 4.05. The summed E-state index contributed by atoms with van der Waals surface area (Å²) >= 11 is 0. The van der Waals surface area contributed by atoms with Crippen LogP contribution in [0.2, 0.25) is 0 Å². The van der Waals surface area contributed by atoms with Crippen molar-refractivity contribution in [2.75, 3.05) is 20.3 Å². The topological polar surface area (TPSA) is 89.0 Å². The number of hydrogen-bond acceptors (Lipinski definition) is 5.